The summed E-state index contributed by atoms with van der Waals surface area (Å²) in [7, 11) is 0. The van der Waals surface area contributed by atoms with E-state index < -0.39 is 0 Å². The van der Waals surface area contributed by atoms with E-state index in [1.54, 1.807) is 11.0 Å². The van der Waals surface area contributed by atoms with Gasteiger partial charge in [-0.05, 0) is 31.4 Å². The molecule has 0 spiro atoms. The number of fused-ring (bicyclic) bond motifs is 1. The fraction of sp³-hybridized carbons (Fsp3) is 0.500. The van der Waals surface area contributed by atoms with Gasteiger partial charge in [-0.3, -0.25) is 4.79 Å². The van der Waals surface area contributed by atoms with E-state index in [9.17, 15) is 9.18 Å². The minimum absolute atomic E-state index is 0.00833. The molecular formula is C14H17FN2O2. The lowest BCUT2D eigenvalue weighted by molar-refractivity contribution is -0.122. The molecule has 0 bridgehead atoms. The minimum atomic E-state index is -0.351. The number of carbonyl (C=O) groups excluding carboxylic acids is 1. The van der Waals surface area contributed by atoms with Gasteiger partial charge >= 0.3 is 0 Å². The molecule has 1 aliphatic heterocycles. The highest BCUT2D eigenvalue weighted by atomic mass is 19.1. The second-order valence-electron chi connectivity index (χ2n) is 5.22. The van der Waals surface area contributed by atoms with E-state index >= 15 is 0 Å². The Morgan fingerprint density at radius 1 is 1.42 bits per heavy atom. The van der Waals surface area contributed by atoms with Gasteiger partial charge in [-0.25, -0.2) is 4.39 Å². The summed E-state index contributed by atoms with van der Waals surface area (Å²) in [6, 6.07) is 4.42. The van der Waals surface area contributed by atoms with Crippen LogP contribution in [0.5, 0.6) is 5.75 Å². The van der Waals surface area contributed by atoms with Gasteiger partial charge in [0.25, 0.3) is 0 Å². The quantitative estimate of drug-likeness (QED) is 0.839. The van der Waals surface area contributed by atoms with Crippen molar-refractivity contribution < 1.29 is 13.9 Å². The molecule has 0 aromatic heterocycles. The Bertz CT molecular complexity index is 506. The third-order valence-corrected chi connectivity index (χ3v) is 3.87. The van der Waals surface area contributed by atoms with Crippen LogP contribution in [0.2, 0.25) is 0 Å². The third-order valence-electron chi connectivity index (χ3n) is 3.87. The molecule has 2 aliphatic rings. The number of nitrogens with two attached hydrogens (primary N) is 1. The van der Waals surface area contributed by atoms with Gasteiger partial charge in [-0.2, -0.15) is 0 Å². The van der Waals surface area contributed by atoms with Crippen LogP contribution >= 0.6 is 0 Å². The van der Waals surface area contributed by atoms with E-state index in [0.717, 1.165) is 19.3 Å². The molecule has 1 saturated carbocycles. The van der Waals surface area contributed by atoms with Crippen molar-refractivity contribution in [2.24, 2.45) is 11.7 Å². The highest BCUT2D eigenvalue weighted by Gasteiger charge is 2.33. The number of halogens is 1. The molecule has 2 unspecified atom stereocenters. The zero-order chi connectivity index (χ0) is 13.4. The Balaban J connectivity index is 1.85. The number of nitrogens with zero attached hydrogens (tertiary/aromatic N) is 1. The lowest BCUT2D eigenvalue weighted by Gasteiger charge is -2.31. The number of carbonyl (C=O) groups is 1. The van der Waals surface area contributed by atoms with Crippen LogP contribution in [0.4, 0.5) is 10.1 Å². The maximum absolute atomic E-state index is 13.2. The highest BCUT2D eigenvalue weighted by Crippen LogP contribution is 2.35. The van der Waals surface area contributed by atoms with E-state index in [2.05, 4.69) is 0 Å². The van der Waals surface area contributed by atoms with Crippen LogP contribution in [0.3, 0.4) is 0 Å². The van der Waals surface area contributed by atoms with Crippen molar-refractivity contribution in [3.05, 3.63) is 24.0 Å². The van der Waals surface area contributed by atoms with Crippen LogP contribution < -0.4 is 15.4 Å². The van der Waals surface area contributed by atoms with Crippen molar-refractivity contribution >= 4 is 11.6 Å². The molecule has 1 aromatic carbocycles. The lowest BCUT2D eigenvalue weighted by Crippen LogP contribution is -2.41. The van der Waals surface area contributed by atoms with E-state index in [4.69, 9.17) is 10.5 Å². The summed E-state index contributed by atoms with van der Waals surface area (Å²) in [5.74, 6) is 0.174. The second kappa shape index (κ2) is 4.81. The SMILES string of the molecule is NC1CCC(C(=O)N2CCOc3cc(F)ccc32)C1. The zero-order valence-electron chi connectivity index (χ0n) is 10.6. The summed E-state index contributed by atoms with van der Waals surface area (Å²) in [4.78, 5) is 14.2. The summed E-state index contributed by atoms with van der Waals surface area (Å²) in [6.07, 6.45) is 2.48. The standard InChI is InChI=1S/C14H17FN2O2/c15-10-2-4-12-13(8-10)19-6-5-17(12)14(18)9-1-3-11(16)7-9/h2,4,8-9,11H,1,3,5-7,16H2. The van der Waals surface area contributed by atoms with Crippen LogP contribution in [0.25, 0.3) is 0 Å². The smallest absolute Gasteiger partial charge is 0.230 e. The molecule has 5 heteroatoms. The maximum atomic E-state index is 13.2. The topological polar surface area (TPSA) is 55.6 Å². The van der Waals surface area contributed by atoms with Crippen LogP contribution in [0, 0.1) is 11.7 Å². The third kappa shape index (κ3) is 2.30. The Morgan fingerprint density at radius 2 is 2.26 bits per heavy atom. The molecule has 0 saturated heterocycles. The predicted molar refractivity (Wildman–Crippen MR) is 69.6 cm³/mol. The number of benzene rings is 1. The Kier molecular flexibility index (Phi) is 3.14. The molecule has 0 radical (unpaired) electrons. The predicted octanol–water partition coefficient (Wildman–Crippen LogP) is 1.68. The maximum Gasteiger partial charge on any atom is 0.230 e. The molecule has 3 rings (SSSR count). The van der Waals surface area contributed by atoms with Crippen molar-refractivity contribution in [1.82, 2.24) is 0 Å². The number of hydrogen-bond donors (Lipinski definition) is 1. The number of hydrogen-bond acceptors (Lipinski definition) is 3. The van der Waals surface area contributed by atoms with Crippen LogP contribution in [-0.4, -0.2) is 25.1 Å². The lowest BCUT2D eigenvalue weighted by atomic mass is 10.1. The molecule has 19 heavy (non-hydrogen) atoms. The van der Waals surface area contributed by atoms with Gasteiger partial charge in [0.15, 0.2) is 0 Å². The molecule has 2 N–H and O–H groups in total. The van der Waals surface area contributed by atoms with E-state index in [1.165, 1.54) is 12.1 Å². The van der Waals surface area contributed by atoms with Gasteiger partial charge < -0.3 is 15.4 Å². The van der Waals surface area contributed by atoms with Gasteiger partial charge in [0, 0.05) is 18.0 Å². The molecule has 1 heterocycles. The molecule has 102 valence electrons. The monoisotopic (exact) mass is 264 g/mol. The van der Waals surface area contributed by atoms with Crippen molar-refractivity contribution in [2.75, 3.05) is 18.1 Å². The average molecular weight is 264 g/mol. The summed E-state index contributed by atoms with van der Waals surface area (Å²) in [5, 5.41) is 0. The summed E-state index contributed by atoms with van der Waals surface area (Å²) in [5.41, 5.74) is 6.53. The van der Waals surface area contributed by atoms with E-state index in [1.807, 2.05) is 0 Å². The number of ether oxygens (including phenoxy) is 1. The molecular weight excluding hydrogens is 247 g/mol. The molecule has 1 amide bonds. The molecule has 4 nitrogen and oxygen atoms in total. The first-order valence-electron chi connectivity index (χ1n) is 6.64. The summed E-state index contributed by atoms with van der Waals surface area (Å²) in [6.45, 7) is 0.921. The largest absolute Gasteiger partial charge is 0.489 e. The molecule has 1 aliphatic carbocycles. The van der Waals surface area contributed by atoms with Crippen molar-refractivity contribution in [2.45, 2.75) is 25.3 Å². The first-order chi connectivity index (χ1) is 9.15. The Morgan fingerprint density at radius 3 is 3.00 bits per heavy atom. The first-order valence-corrected chi connectivity index (χ1v) is 6.64. The number of anilines is 1. The van der Waals surface area contributed by atoms with Gasteiger partial charge in [-0.15, -0.1) is 0 Å². The first kappa shape index (κ1) is 12.4. The molecule has 1 aromatic rings. The molecule has 2 atom stereocenters. The zero-order valence-corrected chi connectivity index (χ0v) is 10.6. The van der Waals surface area contributed by atoms with Crippen LogP contribution in [0.1, 0.15) is 19.3 Å². The van der Waals surface area contributed by atoms with Gasteiger partial charge in [0.05, 0.1) is 12.2 Å². The van der Waals surface area contributed by atoms with Crippen LogP contribution in [0.15, 0.2) is 18.2 Å². The molecule has 1 fully saturated rings. The van der Waals surface area contributed by atoms with Gasteiger partial charge in [-0.1, -0.05) is 0 Å². The minimum Gasteiger partial charge on any atom is -0.489 e. The number of amides is 1. The average Bonchev–Trinajstić information content (AvgIpc) is 2.83. The fourth-order valence-electron chi connectivity index (χ4n) is 2.88. The van der Waals surface area contributed by atoms with E-state index in [-0.39, 0.29) is 23.7 Å². The van der Waals surface area contributed by atoms with Crippen molar-refractivity contribution in [3.8, 4) is 5.75 Å². The second-order valence-corrected chi connectivity index (χ2v) is 5.22. The van der Waals surface area contributed by atoms with Gasteiger partial charge in [0.2, 0.25) is 5.91 Å². The normalized spacial score (nSPS) is 25.9. The Hall–Kier alpha value is -1.62. The van der Waals surface area contributed by atoms with Crippen LogP contribution in [-0.2, 0) is 4.79 Å². The van der Waals surface area contributed by atoms with Gasteiger partial charge in [0.1, 0.15) is 18.2 Å². The number of rotatable bonds is 1. The summed E-state index contributed by atoms with van der Waals surface area (Å²) >= 11 is 0. The van der Waals surface area contributed by atoms with Crippen molar-refractivity contribution in [3.63, 3.8) is 0 Å². The Labute approximate surface area is 111 Å². The van der Waals surface area contributed by atoms with Crippen molar-refractivity contribution in [1.29, 1.82) is 0 Å². The highest BCUT2D eigenvalue weighted by molar-refractivity contribution is 5.97. The van der Waals surface area contributed by atoms with E-state index in [0.29, 0.717) is 24.6 Å². The summed E-state index contributed by atoms with van der Waals surface area (Å²) < 4.78 is 18.6. The fourth-order valence-corrected chi connectivity index (χ4v) is 2.88.